The molecule has 92 valence electrons. The van der Waals surface area contributed by atoms with Crippen LogP contribution in [0.25, 0.3) is 0 Å². The number of nitrogens with zero attached hydrogens (tertiary/aromatic N) is 1. The molecule has 2 rings (SSSR count). The highest BCUT2D eigenvalue weighted by Gasteiger charge is 2.10. The minimum absolute atomic E-state index is 0.0261. The zero-order valence-electron chi connectivity index (χ0n) is 10.6. The molecule has 1 aromatic carbocycles. The van der Waals surface area contributed by atoms with E-state index >= 15 is 0 Å². The van der Waals surface area contributed by atoms with E-state index in [2.05, 4.69) is 10.3 Å². The summed E-state index contributed by atoms with van der Waals surface area (Å²) in [5, 5.41) is 2.97. The maximum absolute atomic E-state index is 12.0. The third-order valence-corrected chi connectivity index (χ3v) is 2.87. The lowest BCUT2D eigenvalue weighted by molar-refractivity contribution is 0.0940. The highest BCUT2D eigenvalue weighted by molar-refractivity contribution is 5.94. The van der Waals surface area contributed by atoms with Crippen LogP contribution < -0.4 is 5.32 Å². The molecule has 18 heavy (non-hydrogen) atoms. The first-order valence-corrected chi connectivity index (χ1v) is 5.94. The van der Waals surface area contributed by atoms with Crippen LogP contribution in [0, 0.1) is 6.92 Å². The predicted molar refractivity (Wildman–Crippen MR) is 71.3 cm³/mol. The molecule has 0 aliphatic rings. The van der Waals surface area contributed by atoms with Gasteiger partial charge in [-0.15, -0.1) is 0 Å². The summed E-state index contributed by atoms with van der Waals surface area (Å²) in [6.07, 6.45) is 3.45. The highest BCUT2D eigenvalue weighted by Crippen LogP contribution is 2.11. The first kappa shape index (κ1) is 12.3. The molecule has 0 saturated heterocycles. The Morgan fingerprint density at radius 3 is 2.33 bits per heavy atom. The van der Waals surface area contributed by atoms with Crippen molar-refractivity contribution < 1.29 is 4.79 Å². The van der Waals surface area contributed by atoms with E-state index in [-0.39, 0.29) is 11.9 Å². The van der Waals surface area contributed by atoms with Crippen LogP contribution in [0.15, 0.2) is 48.8 Å². The molecular weight excluding hydrogens is 224 g/mol. The Morgan fingerprint density at radius 2 is 1.72 bits per heavy atom. The minimum atomic E-state index is -0.0562. The minimum Gasteiger partial charge on any atom is -0.346 e. The van der Waals surface area contributed by atoms with E-state index in [9.17, 15) is 4.79 Å². The van der Waals surface area contributed by atoms with Crippen LogP contribution in [0.1, 0.15) is 34.5 Å². The summed E-state index contributed by atoms with van der Waals surface area (Å²) in [5.74, 6) is -0.0562. The van der Waals surface area contributed by atoms with Crippen molar-refractivity contribution in [3.63, 3.8) is 0 Å². The third kappa shape index (κ3) is 2.94. The van der Waals surface area contributed by atoms with Crippen LogP contribution in [-0.2, 0) is 0 Å². The molecule has 1 aromatic heterocycles. The van der Waals surface area contributed by atoms with E-state index in [1.807, 2.05) is 50.2 Å². The van der Waals surface area contributed by atoms with Gasteiger partial charge in [-0.05, 0) is 43.7 Å². The second-order valence-electron chi connectivity index (χ2n) is 4.34. The molecule has 0 radical (unpaired) electrons. The van der Waals surface area contributed by atoms with E-state index in [0.29, 0.717) is 5.56 Å². The standard InChI is InChI=1S/C15H16N2O/c1-11-3-5-14(6-4-11)15(18)17-12(2)13-7-9-16-10-8-13/h3-10,12H,1-2H3,(H,17,18)/t12-/m1/s1. The summed E-state index contributed by atoms with van der Waals surface area (Å²) in [6.45, 7) is 3.96. The smallest absolute Gasteiger partial charge is 0.251 e. The molecule has 0 aliphatic heterocycles. The SMILES string of the molecule is Cc1ccc(C(=O)N[C@H](C)c2ccncc2)cc1. The van der Waals surface area contributed by atoms with Crippen molar-refractivity contribution in [3.8, 4) is 0 Å². The molecule has 1 amide bonds. The van der Waals surface area contributed by atoms with Gasteiger partial charge in [-0.3, -0.25) is 9.78 Å². The van der Waals surface area contributed by atoms with Gasteiger partial charge in [0.25, 0.3) is 5.91 Å². The van der Waals surface area contributed by atoms with Crippen molar-refractivity contribution in [2.45, 2.75) is 19.9 Å². The fourth-order valence-corrected chi connectivity index (χ4v) is 1.72. The number of hydrogen-bond donors (Lipinski definition) is 1. The molecule has 0 unspecified atom stereocenters. The number of amides is 1. The topological polar surface area (TPSA) is 42.0 Å². The van der Waals surface area contributed by atoms with Crippen LogP contribution in [-0.4, -0.2) is 10.9 Å². The van der Waals surface area contributed by atoms with Crippen LogP contribution in [0.2, 0.25) is 0 Å². The van der Waals surface area contributed by atoms with Gasteiger partial charge in [-0.25, -0.2) is 0 Å². The molecule has 0 fully saturated rings. The Labute approximate surface area is 107 Å². The average molecular weight is 240 g/mol. The molecule has 1 heterocycles. The lowest BCUT2D eigenvalue weighted by atomic mass is 10.1. The largest absolute Gasteiger partial charge is 0.346 e. The van der Waals surface area contributed by atoms with Gasteiger partial charge in [0.1, 0.15) is 0 Å². The Hall–Kier alpha value is -2.16. The highest BCUT2D eigenvalue weighted by atomic mass is 16.1. The Morgan fingerprint density at radius 1 is 1.11 bits per heavy atom. The number of nitrogens with one attached hydrogen (secondary N) is 1. The normalized spacial score (nSPS) is 11.9. The molecule has 0 spiro atoms. The van der Waals surface area contributed by atoms with Crippen LogP contribution >= 0.6 is 0 Å². The van der Waals surface area contributed by atoms with Gasteiger partial charge in [0.2, 0.25) is 0 Å². The van der Waals surface area contributed by atoms with Gasteiger partial charge in [-0.1, -0.05) is 17.7 Å². The molecule has 3 nitrogen and oxygen atoms in total. The maximum atomic E-state index is 12.0. The van der Waals surface area contributed by atoms with Crippen molar-refractivity contribution in [2.75, 3.05) is 0 Å². The summed E-state index contributed by atoms with van der Waals surface area (Å²) >= 11 is 0. The molecule has 1 N–H and O–H groups in total. The Kier molecular flexibility index (Phi) is 3.72. The number of carbonyl (C=O) groups is 1. The Bertz CT molecular complexity index is 520. The van der Waals surface area contributed by atoms with Crippen LogP contribution in [0.3, 0.4) is 0 Å². The van der Waals surface area contributed by atoms with Crippen LogP contribution in [0.4, 0.5) is 0 Å². The average Bonchev–Trinajstić information content (AvgIpc) is 2.40. The van der Waals surface area contributed by atoms with Crippen molar-refractivity contribution in [2.24, 2.45) is 0 Å². The molecule has 2 aromatic rings. The number of benzene rings is 1. The number of aryl methyl sites for hydroxylation is 1. The summed E-state index contributed by atoms with van der Waals surface area (Å²) in [7, 11) is 0. The van der Waals surface area contributed by atoms with Gasteiger partial charge in [0.05, 0.1) is 6.04 Å². The molecule has 0 bridgehead atoms. The van der Waals surface area contributed by atoms with Gasteiger partial charge >= 0.3 is 0 Å². The lowest BCUT2D eigenvalue weighted by Gasteiger charge is -2.14. The van der Waals surface area contributed by atoms with Gasteiger partial charge in [0, 0.05) is 18.0 Å². The number of hydrogen-bond acceptors (Lipinski definition) is 2. The number of pyridine rings is 1. The maximum Gasteiger partial charge on any atom is 0.251 e. The summed E-state index contributed by atoms with van der Waals surface area (Å²) < 4.78 is 0. The lowest BCUT2D eigenvalue weighted by Crippen LogP contribution is -2.26. The number of aromatic nitrogens is 1. The molecule has 0 aliphatic carbocycles. The van der Waals surface area contributed by atoms with Crippen LogP contribution in [0.5, 0.6) is 0 Å². The van der Waals surface area contributed by atoms with Crippen molar-refractivity contribution >= 4 is 5.91 Å². The van der Waals surface area contributed by atoms with E-state index in [1.165, 1.54) is 0 Å². The number of carbonyl (C=O) groups excluding carboxylic acids is 1. The summed E-state index contributed by atoms with van der Waals surface area (Å²) in [6, 6.07) is 11.3. The van der Waals surface area contributed by atoms with Crippen molar-refractivity contribution in [3.05, 3.63) is 65.5 Å². The molecule has 3 heteroatoms. The fraction of sp³-hybridized carbons (Fsp3) is 0.200. The predicted octanol–water partition coefficient (Wildman–Crippen LogP) is 2.88. The molecular formula is C15H16N2O. The van der Waals surface area contributed by atoms with Crippen molar-refractivity contribution in [1.29, 1.82) is 0 Å². The van der Waals surface area contributed by atoms with Gasteiger partial charge in [-0.2, -0.15) is 0 Å². The Balaban J connectivity index is 2.06. The van der Waals surface area contributed by atoms with E-state index in [4.69, 9.17) is 0 Å². The summed E-state index contributed by atoms with van der Waals surface area (Å²) in [5.41, 5.74) is 2.88. The first-order valence-electron chi connectivity index (χ1n) is 5.94. The van der Waals surface area contributed by atoms with Gasteiger partial charge < -0.3 is 5.32 Å². The number of rotatable bonds is 3. The molecule has 0 saturated carbocycles. The zero-order chi connectivity index (χ0) is 13.0. The zero-order valence-corrected chi connectivity index (χ0v) is 10.6. The van der Waals surface area contributed by atoms with E-state index < -0.39 is 0 Å². The van der Waals surface area contributed by atoms with E-state index in [1.54, 1.807) is 12.4 Å². The first-order chi connectivity index (χ1) is 8.66. The second kappa shape index (κ2) is 5.45. The second-order valence-corrected chi connectivity index (χ2v) is 4.34. The van der Waals surface area contributed by atoms with Crippen molar-refractivity contribution in [1.82, 2.24) is 10.3 Å². The monoisotopic (exact) mass is 240 g/mol. The van der Waals surface area contributed by atoms with Gasteiger partial charge in [0.15, 0.2) is 0 Å². The fourth-order valence-electron chi connectivity index (χ4n) is 1.72. The molecule has 1 atom stereocenters. The quantitative estimate of drug-likeness (QED) is 0.896. The third-order valence-electron chi connectivity index (χ3n) is 2.87. The van der Waals surface area contributed by atoms with E-state index in [0.717, 1.165) is 11.1 Å². The summed E-state index contributed by atoms with van der Waals surface area (Å²) in [4.78, 5) is 16.0.